The molecule has 0 spiro atoms. The van der Waals surface area contributed by atoms with Crippen LogP contribution in [0.15, 0.2) is 53.6 Å². The van der Waals surface area contributed by atoms with Crippen LogP contribution in [0.4, 0.5) is 13.2 Å². The van der Waals surface area contributed by atoms with Crippen LogP contribution in [0.5, 0.6) is 0 Å². The summed E-state index contributed by atoms with van der Waals surface area (Å²) >= 11 is 5.74. The summed E-state index contributed by atoms with van der Waals surface area (Å²) in [5, 5.41) is 4.23. The maximum absolute atomic E-state index is 12.6. The summed E-state index contributed by atoms with van der Waals surface area (Å²) in [5.74, 6) is -0.379. The fourth-order valence-corrected chi connectivity index (χ4v) is 1.93. The number of rotatable bonds is 4. The summed E-state index contributed by atoms with van der Waals surface area (Å²) in [6, 6.07) is 11.4. The van der Waals surface area contributed by atoms with Crippen molar-refractivity contribution in [2.24, 2.45) is 5.10 Å². The molecule has 2 aromatic rings. The second-order valence-corrected chi connectivity index (χ2v) is 5.16. The molecule has 1 N–H and O–H groups in total. The molecule has 0 saturated heterocycles. The monoisotopic (exact) mass is 340 g/mol. The van der Waals surface area contributed by atoms with Crippen molar-refractivity contribution < 1.29 is 18.0 Å². The number of hydrogen-bond donors (Lipinski definition) is 1. The molecule has 0 saturated carbocycles. The number of carbonyl (C=O) groups is 1. The highest BCUT2D eigenvalue weighted by atomic mass is 35.5. The summed E-state index contributed by atoms with van der Waals surface area (Å²) in [6.07, 6.45) is -3.16. The Morgan fingerprint density at radius 2 is 1.87 bits per heavy atom. The number of carbonyl (C=O) groups excluding carboxylic acids is 1. The molecular formula is C16H12ClF3N2O. The molecule has 0 aliphatic carbocycles. The van der Waals surface area contributed by atoms with Crippen molar-refractivity contribution in [2.45, 2.75) is 12.6 Å². The van der Waals surface area contributed by atoms with Gasteiger partial charge in [0.15, 0.2) is 0 Å². The first kappa shape index (κ1) is 17.0. The summed E-state index contributed by atoms with van der Waals surface area (Å²) < 4.78 is 37.7. The fourth-order valence-electron chi connectivity index (χ4n) is 1.80. The minimum absolute atomic E-state index is 0.0943. The molecule has 0 atom stereocenters. The highest BCUT2D eigenvalue weighted by Crippen LogP contribution is 2.29. The SMILES string of the molecule is O=C(Cc1ccc(Cl)cc1)N/N=C/c1cccc(C(F)(F)F)c1. The predicted molar refractivity (Wildman–Crippen MR) is 82.3 cm³/mol. The molecule has 0 radical (unpaired) electrons. The number of hydrogen-bond acceptors (Lipinski definition) is 2. The zero-order valence-corrected chi connectivity index (χ0v) is 12.5. The molecular weight excluding hydrogens is 329 g/mol. The Morgan fingerprint density at radius 3 is 2.52 bits per heavy atom. The molecule has 1 amide bonds. The zero-order valence-electron chi connectivity index (χ0n) is 11.8. The third-order valence-electron chi connectivity index (χ3n) is 2.89. The first-order valence-electron chi connectivity index (χ1n) is 6.58. The van der Waals surface area contributed by atoms with Crippen LogP contribution in [0.2, 0.25) is 5.02 Å². The number of nitrogens with one attached hydrogen (secondary N) is 1. The van der Waals surface area contributed by atoms with Crippen LogP contribution < -0.4 is 5.43 Å². The second-order valence-electron chi connectivity index (χ2n) is 4.72. The normalized spacial score (nSPS) is 11.7. The molecule has 0 unspecified atom stereocenters. The molecule has 0 fully saturated rings. The highest BCUT2D eigenvalue weighted by molar-refractivity contribution is 6.30. The summed E-state index contributed by atoms with van der Waals surface area (Å²) in [6.45, 7) is 0. The Bertz CT molecular complexity index is 712. The van der Waals surface area contributed by atoms with E-state index in [2.05, 4.69) is 10.5 Å². The van der Waals surface area contributed by atoms with Gasteiger partial charge in [-0.2, -0.15) is 18.3 Å². The molecule has 3 nitrogen and oxygen atoms in total. The van der Waals surface area contributed by atoms with E-state index in [1.54, 1.807) is 24.3 Å². The average molecular weight is 341 g/mol. The quantitative estimate of drug-likeness (QED) is 0.662. The number of amides is 1. The van der Waals surface area contributed by atoms with Crippen LogP contribution >= 0.6 is 11.6 Å². The maximum Gasteiger partial charge on any atom is 0.416 e. The van der Waals surface area contributed by atoms with Crippen molar-refractivity contribution in [1.82, 2.24) is 5.43 Å². The number of halogens is 4. The molecule has 2 aromatic carbocycles. The largest absolute Gasteiger partial charge is 0.416 e. The van der Waals surface area contributed by atoms with Gasteiger partial charge in [-0.15, -0.1) is 0 Å². The summed E-state index contributed by atoms with van der Waals surface area (Å²) in [7, 11) is 0. The molecule has 0 aliphatic heterocycles. The molecule has 0 aromatic heterocycles. The van der Waals surface area contributed by atoms with Crippen LogP contribution in [0, 0.1) is 0 Å². The number of alkyl halides is 3. The first-order valence-corrected chi connectivity index (χ1v) is 6.96. The molecule has 0 heterocycles. The van der Waals surface area contributed by atoms with E-state index < -0.39 is 11.7 Å². The van der Waals surface area contributed by atoms with Crippen molar-refractivity contribution in [2.75, 3.05) is 0 Å². The van der Waals surface area contributed by atoms with Crippen LogP contribution in [0.25, 0.3) is 0 Å². The van der Waals surface area contributed by atoms with Gasteiger partial charge < -0.3 is 0 Å². The molecule has 7 heteroatoms. The Hall–Kier alpha value is -2.34. The minimum Gasteiger partial charge on any atom is -0.273 e. The molecule has 0 aliphatic rings. The van der Waals surface area contributed by atoms with Gasteiger partial charge in [0, 0.05) is 5.02 Å². The van der Waals surface area contributed by atoms with E-state index in [1.165, 1.54) is 12.1 Å². The zero-order chi connectivity index (χ0) is 16.9. The highest BCUT2D eigenvalue weighted by Gasteiger charge is 2.30. The van der Waals surface area contributed by atoms with Crippen molar-refractivity contribution in [1.29, 1.82) is 0 Å². The van der Waals surface area contributed by atoms with Crippen molar-refractivity contribution in [3.05, 3.63) is 70.2 Å². The van der Waals surface area contributed by atoms with E-state index in [9.17, 15) is 18.0 Å². The van der Waals surface area contributed by atoms with Crippen molar-refractivity contribution in [3.8, 4) is 0 Å². The van der Waals surface area contributed by atoms with Gasteiger partial charge in [-0.25, -0.2) is 5.43 Å². The lowest BCUT2D eigenvalue weighted by Gasteiger charge is -2.06. The summed E-state index contributed by atoms with van der Waals surface area (Å²) in [4.78, 5) is 11.7. The maximum atomic E-state index is 12.6. The minimum atomic E-state index is -4.41. The second kappa shape index (κ2) is 7.28. The van der Waals surface area contributed by atoms with Gasteiger partial charge >= 0.3 is 6.18 Å². The molecule has 23 heavy (non-hydrogen) atoms. The van der Waals surface area contributed by atoms with Gasteiger partial charge in [-0.1, -0.05) is 35.9 Å². The topological polar surface area (TPSA) is 41.5 Å². The number of nitrogens with zero attached hydrogens (tertiary/aromatic N) is 1. The van der Waals surface area contributed by atoms with Gasteiger partial charge in [-0.3, -0.25) is 4.79 Å². The average Bonchev–Trinajstić information content (AvgIpc) is 2.49. The van der Waals surface area contributed by atoms with E-state index in [-0.39, 0.29) is 17.9 Å². The van der Waals surface area contributed by atoms with Crippen LogP contribution in [-0.2, 0) is 17.4 Å². The third-order valence-corrected chi connectivity index (χ3v) is 3.15. The Balaban J connectivity index is 1.93. The predicted octanol–water partition coefficient (Wildman–Crippen LogP) is 4.05. The molecule has 120 valence electrons. The van der Waals surface area contributed by atoms with Crippen LogP contribution in [-0.4, -0.2) is 12.1 Å². The Morgan fingerprint density at radius 1 is 1.17 bits per heavy atom. The van der Waals surface area contributed by atoms with Gasteiger partial charge in [0.2, 0.25) is 5.91 Å². The van der Waals surface area contributed by atoms with E-state index in [0.717, 1.165) is 23.9 Å². The van der Waals surface area contributed by atoms with Gasteiger partial charge in [-0.05, 0) is 35.4 Å². The first-order chi connectivity index (χ1) is 10.8. The van der Waals surface area contributed by atoms with E-state index in [0.29, 0.717) is 5.02 Å². The third kappa shape index (κ3) is 5.41. The van der Waals surface area contributed by atoms with Crippen LogP contribution in [0.3, 0.4) is 0 Å². The lowest BCUT2D eigenvalue weighted by Crippen LogP contribution is -2.19. The van der Waals surface area contributed by atoms with Gasteiger partial charge in [0.05, 0.1) is 18.2 Å². The lowest BCUT2D eigenvalue weighted by molar-refractivity contribution is -0.137. The standard InChI is InChI=1S/C16H12ClF3N2O/c17-14-6-4-11(5-7-14)9-15(23)22-21-10-12-2-1-3-13(8-12)16(18,19)20/h1-8,10H,9H2,(H,22,23)/b21-10+. The van der Waals surface area contributed by atoms with E-state index >= 15 is 0 Å². The van der Waals surface area contributed by atoms with Crippen LogP contribution in [0.1, 0.15) is 16.7 Å². The van der Waals surface area contributed by atoms with E-state index in [1.807, 2.05) is 0 Å². The summed E-state index contributed by atoms with van der Waals surface area (Å²) in [5.41, 5.74) is 2.49. The Kier molecular flexibility index (Phi) is 5.39. The van der Waals surface area contributed by atoms with Crippen molar-refractivity contribution >= 4 is 23.7 Å². The van der Waals surface area contributed by atoms with Gasteiger partial charge in [0.25, 0.3) is 0 Å². The Labute approximate surface area is 135 Å². The number of benzene rings is 2. The number of hydrazone groups is 1. The van der Waals surface area contributed by atoms with E-state index in [4.69, 9.17) is 11.6 Å². The molecule has 0 bridgehead atoms. The lowest BCUT2D eigenvalue weighted by atomic mass is 10.1. The van der Waals surface area contributed by atoms with Crippen molar-refractivity contribution in [3.63, 3.8) is 0 Å². The fraction of sp³-hybridized carbons (Fsp3) is 0.125. The smallest absolute Gasteiger partial charge is 0.273 e. The molecule has 2 rings (SSSR count). The van der Waals surface area contributed by atoms with Gasteiger partial charge in [0.1, 0.15) is 0 Å².